The highest BCUT2D eigenvalue weighted by Crippen LogP contribution is 2.14. The summed E-state index contributed by atoms with van der Waals surface area (Å²) in [5, 5.41) is 3.44. The van der Waals surface area contributed by atoms with Gasteiger partial charge in [0.05, 0.1) is 6.33 Å². The summed E-state index contributed by atoms with van der Waals surface area (Å²) in [5.74, 6) is 0.361. The predicted molar refractivity (Wildman–Crippen MR) is 68.6 cm³/mol. The third-order valence-electron chi connectivity index (χ3n) is 3.28. The first-order valence-corrected chi connectivity index (χ1v) is 7.66. The molecule has 102 valence electrons. The van der Waals surface area contributed by atoms with Crippen molar-refractivity contribution < 1.29 is 8.42 Å². The molecule has 1 aliphatic heterocycles. The van der Waals surface area contributed by atoms with Gasteiger partial charge in [-0.3, -0.25) is 0 Å². The highest BCUT2D eigenvalue weighted by molar-refractivity contribution is 7.89. The van der Waals surface area contributed by atoms with Crippen LogP contribution in [0.4, 0.5) is 0 Å². The van der Waals surface area contributed by atoms with Gasteiger partial charge in [0.15, 0.2) is 5.03 Å². The highest BCUT2D eigenvalue weighted by Gasteiger charge is 2.21. The summed E-state index contributed by atoms with van der Waals surface area (Å²) < 4.78 is 28.1. The molecule has 18 heavy (non-hydrogen) atoms. The Hall–Kier alpha value is -0.920. The summed E-state index contributed by atoms with van der Waals surface area (Å²) in [6, 6.07) is 0.536. The second kappa shape index (κ2) is 5.38. The van der Waals surface area contributed by atoms with Crippen LogP contribution in [0.15, 0.2) is 17.6 Å². The van der Waals surface area contributed by atoms with Gasteiger partial charge in [0.25, 0.3) is 10.0 Å². The number of hydrogen-bond acceptors (Lipinski definition) is 4. The van der Waals surface area contributed by atoms with Crippen molar-refractivity contribution in [2.75, 3.05) is 13.1 Å². The Morgan fingerprint density at radius 3 is 2.89 bits per heavy atom. The molecule has 1 aliphatic rings. The third kappa shape index (κ3) is 3.30. The van der Waals surface area contributed by atoms with Crippen LogP contribution in [0, 0.1) is 5.92 Å². The molecule has 2 atom stereocenters. The predicted octanol–water partition coefficient (Wildman–Crippen LogP) is 0.0865. The lowest BCUT2D eigenvalue weighted by atomic mass is 9.96. The molecule has 6 nitrogen and oxygen atoms in total. The molecule has 0 amide bonds. The van der Waals surface area contributed by atoms with Crippen LogP contribution in [0.5, 0.6) is 0 Å². The second-order valence-corrected chi connectivity index (χ2v) is 6.70. The number of nitrogens with zero attached hydrogens (tertiary/aromatic N) is 2. The van der Waals surface area contributed by atoms with Crippen molar-refractivity contribution in [1.82, 2.24) is 19.6 Å². The molecule has 1 aromatic heterocycles. The first-order valence-electron chi connectivity index (χ1n) is 6.18. The maximum absolute atomic E-state index is 11.9. The number of rotatable bonds is 4. The Morgan fingerprint density at radius 1 is 1.56 bits per heavy atom. The Balaban J connectivity index is 1.90. The van der Waals surface area contributed by atoms with Crippen molar-refractivity contribution in [2.24, 2.45) is 13.0 Å². The van der Waals surface area contributed by atoms with Crippen LogP contribution in [0.3, 0.4) is 0 Å². The Labute approximate surface area is 108 Å². The minimum absolute atomic E-state index is 0.0853. The van der Waals surface area contributed by atoms with Crippen LogP contribution < -0.4 is 10.0 Å². The minimum Gasteiger partial charge on any atom is -0.339 e. The molecular formula is C11H20N4O2S. The van der Waals surface area contributed by atoms with Crippen molar-refractivity contribution in [3.05, 3.63) is 12.5 Å². The highest BCUT2D eigenvalue weighted by atomic mass is 32.2. The summed E-state index contributed by atoms with van der Waals surface area (Å²) in [6.45, 7) is 3.48. The zero-order valence-corrected chi connectivity index (χ0v) is 11.6. The van der Waals surface area contributed by atoms with E-state index in [4.69, 9.17) is 0 Å². The molecule has 7 heteroatoms. The van der Waals surface area contributed by atoms with E-state index in [1.807, 2.05) is 0 Å². The number of nitrogens with one attached hydrogen (secondary N) is 2. The fourth-order valence-electron chi connectivity index (χ4n) is 2.06. The Kier molecular flexibility index (Phi) is 4.04. The van der Waals surface area contributed by atoms with Gasteiger partial charge in [-0.05, 0) is 32.2 Å². The van der Waals surface area contributed by atoms with Gasteiger partial charge in [-0.25, -0.2) is 18.1 Å². The maximum Gasteiger partial charge on any atom is 0.259 e. The fourth-order valence-corrected chi connectivity index (χ4v) is 3.15. The van der Waals surface area contributed by atoms with Gasteiger partial charge in [0, 0.05) is 25.8 Å². The normalized spacial score (nSPS) is 25.2. The molecule has 1 aromatic rings. The molecule has 2 unspecified atom stereocenters. The van der Waals surface area contributed by atoms with E-state index in [0.717, 1.165) is 19.4 Å². The van der Waals surface area contributed by atoms with E-state index in [1.165, 1.54) is 12.5 Å². The van der Waals surface area contributed by atoms with Crippen LogP contribution in [0.25, 0.3) is 0 Å². The van der Waals surface area contributed by atoms with Crippen molar-refractivity contribution in [3.8, 4) is 0 Å². The van der Waals surface area contributed by atoms with Crippen LogP contribution in [-0.4, -0.2) is 37.1 Å². The molecule has 2 N–H and O–H groups in total. The second-order valence-electron chi connectivity index (χ2n) is 4.98. The third-order valence-corrected chi connectivity index (χ3v) is 4.59. The zero-order chi connectivity index (χ0) is 13.2. The lowest BCUT2D eigenvalue weighted by Gasteiger charge is -2.27. The number of aromatic nitrogens is 2. The van der Waals surface area contributed by atoms with Crippen molar-refractivity contribution in [1.29, 1.82) is 0 Å². The monoisotopic (exact) mass is 272 g/mol. The first kappa shape index (κ1) is 13.5. The smallest absolute Gasteiger partial charge is 0.259 e. The molecule has 0 radical (unpaired) electrons. The number of aryl methyl sites for hydroxylation is 1. The summed E-state index contributed by atoms with van der Waals surface area (Å²) in [4.78, 5) is 3.86. The molecule has 1 fully saturated rings. The molecule has 2 rings (SSSR count). The molecule has 0 bridgehead atoms. The van der Waals surface area contributed by atoms with E-state index in [1.54, 1.807) is 11.6 Å². The van der Waals surface area contributed by atoms with E-state index in [2.05, 4.69) is 21.9 Å². The fraction of sp³-hybridized carbons (Fsp3) is 0.727. The van der Waals surface area contributed by atoms with Gasteiger partial charge in [0.2, 0.25) is 0 Å². The van der Waals surface area contributed by atoms with E-state index in [0.29, 0.717) is 18.5 Å². The number of hydrogen-bond donors (Lipinski definition) is 2. The van der Waals surface area contributed by atoms with Crippen molar-refractivity contribution in [2.45, 2.75) is 30.8 Å². The van der Waals surface area contributed by atoms with Crippen LogP contribution in [0.2, 0.25) is 0 Å². The van der Waals surface area contributed by atoms with Gasteiger partial charge < -0.3 is 9.88 Å². The Bertz CT molecular complexity index is 489. The Morgan fingerprint density at radius 2 is 2.33 bits per heavy atom. The van der Waals surface area contributed by atoms with Crippen molar-refractivity contribution in [3.63, 3.8) is 0 Å². The minimum atomic E-state index is -3.46. The summed E-state index contributed by atoms with van der Waals surface area (Å²) >= 11 is 0. The quantitative estimate of drug-likeness (QED) is 0.814. The molecule has 0 aromatic carbocycles. The molecule has 2 heterocycles. The van der Waals surface area contributed by atoms with E-state index < -0.39 is 10.0 Å². The topological polar surface area (TPSA) is 76.0 Å². The van der Waals surface area contributed by atoms with Crippen molar-refractivity contribution >= 4 is 10.0 Å². The first-order chi connectivity index (χ1) is 8.47. The van der Waals surface area contributed by atoms with Gasteiger partial charge in [-0.1, -0.05) is 0 Å². The zero-order valence-electron chi connectivity index (χ0n) is 10.8. The number of sulfonamides is 1. The van der Waals surface area contributed by atoms with Gasteiger partial charge >= 0.3 is 0 Å². The molecule has 1 saturated heterocycles. The van der Waals surface area contributed by atoms with E-state index in [-0.39, 0.29) is 5.03 Å². The molecule has 0 aliphatic carbocycles. The summed E-state index contributed by atoms with van der Waals surface area (Å²) in [7, 11) is -1.71. The maximum atomic E-state index is 11.9. The van der Waals surface area contributed by atoms with Crippen LogP contribution in [-0.2, 0) is 17.1 Å². The number of piperidine rings is 1. The van der Waals surface area contributed by atoms with Gasteiger partial charge in [-0.15, -0.1) is 0 Å². The molecular weight excluding hydrogens is 252 g/mol. The SMILES string of the molecule is CC1CCC(CNS(=O)(=O)c2cn(C)cn2)CN1. The van der Waals surface area contributed by atoms with Gasteiger partial charge in [0.1, 0.15) is 0 Å². The summed E-state index contributed by atoms with van der Waals surface area (Å²) in [5.41, 5.74) is 0. The summed E-state index contributed by atoms with van der Waals surface area (Å²) in [6.07, 6.45) is 5.14. The molecule has 0 spiro atoms. The molecule has 0 saturated carbocycles. The van der Waals surface area contributed by atoms with Crippen LogP contribution in [0.1, 0.15) is 19.8 Å². The van der Waals surface area contributed by atoms with Gasteiger partial charge in [-0.2, -0.15) is 0 Å². The average Bonchev–Trinajstić information content (AvgIpc) is 2.76. The average molecular weight is 272 g/mol. The lowest BCUT2D eigenvalue weighted by Crippen LogP contribution is -2.41. The number of imidazole rings is 1. The van der Waals surface area contributed by atoms with E-state index in [9.17, 15) is 8.42 Å². The largest absolute Gasteiger partial charge is 0.339 e. The van der Waals surface area contributed by atoms with Crippen LogP contribution >= 0.6 is 0 Å². The standard InChI is InChI=1S/C11H20N4O2S/c1-9-3-4-10(5-12-9)6-14-18(16,17)11-7-15(2)8-13-11/h7-10,12,14H,3-6H2,1-2H3. The van der Waals surface area contributed by atoms with E-state index >= 15 is 0 Å². The lowest BCUT2D eigenvalue weighted by molar-refractivity contribution is 0.323.